The molecule has 1 heterocycles. The zero-order chi connectivity index (χ0) is 12.1. The van der Waals surface area contributed by atoms with Gasteiger partial charge in [0.1, 0.15) is 5.82 Å². The minimum atomic E-state index is -0.185. The van der Waals surface area contributed by atoms with Crippen LogP contribution in [0, 0.1) is 11.2 Å². The number of hydrogen-bond donors (Lipinski definition) is 2. The molecule has 0 bridgehead atoms. The summed E-state index contributed by atoms with van der Waals surface area (Å²) in [5.74, 6) is -0.185. The van der Waals surface area contributed by atoms with E-state index in [1.54, 1.807) is 0 Å². The maximum Gasteiger partial charge on any atom is 0.123 e. The first-order chi connectivity index (χ1) is 8.24. The molecule has 0 aliphatic carbocycles. The van der Waals surface area contributed by atoms with E-state index < -0.39 is 0 Å². The predicted molar refractivity (Wildman–Crippen MR) is 65.3 cm³/mol. The van der Waals surface area contributed by atoms with Gasteiger partial charge < -0.3 is 15.8 Å². The fourth-order valence-electron chi connectivity index (χ4n) is 1.92. The molecule has 1 fully saturated rings. The van der Waals surface area contributed by atoms with Gasteiger partial charge in [0, 0.05) is 18.5 Å². The van der Waals surface area contributed by atoms with Crippen molar-refractivity contribution in [2.45, 2.75) is 6.42 Å². The summed E-state index contributed by atoms with van der Waals surface area (Å²) >= 11 is 0. The second kappa shape index (κ2) is 5.58. The maximum atomic E-state index is 12.7. The van der Waals surface area contributed by atoms with E-state index in [-0.39, 0.29) is 11.2 Å². The smallest absolute Gasteiger partial charge is 0.123 e. The van der Waals surface area contributed by atoms with Crippen molar-refractivity contribution in [3.05, 3.63) is 35.6 Å². The van der Waals surface area contributed by atoms with Gasteiger partial charge in [-0.2, -0.15) is 0 Å². The van der Waals surface area contributed by atoms with E-state index in [0.29, 0.717) is 6.54 Å². The van der Waals surface area contributed by atoms with Crippen molar-refractivity contribution in [3.8, 4) is 0 Å². The summed E-state index contributed by atoms with van der Waals surface area (Å²) in [7, 11) is 0. The Hall–Kier alpha value is -0.970. The molecule has 0 atom stereocenters. The summed E-state index contributed by atoms with van der Waals surface area (Å²) in [6.45, 7) is 3.95. The van der Waals surface area contributed by atoms with Crippen LogP contribution >= 0.6 is 0 Å². The van der Waals surface area contributed by atoms with Crippen molar-refractivity contribution in [1.82, 2.24) is 5.32 Å². The third kappa shape index (κ3) is 3.25. The molecule has 0 spiro atoms. The molecule has 0 unspecified atom stereocenters. The maximum absolute atomic E-state index is 12.7. The fraction of sp³-hybridized carbons (Fsp3) is 0.538. The first-order valence-electron chi connectivity index (χ1n) is 5.97. The van der Waals surface area contributed by atoms with Gasteiger partial charge >= 0.3 is 0 Å². The van der Waals surface area contributed by atoms with E-state index in [1.807, 2.05) is 12.1 Å². The summed E-state index contributed by atoms with van der Waals surface area (Å²) in [6, 6.07) is 6.64. The van der Waals surface area contributed by atoms with Crippen LogP contribution in [0.4, 0.5) is 4.39 Å². The van der Waals surface area contributed by atoms with Gasteiger partial charge in [-0.3, -0.25) is 0 Å². The number of nitrogens with two attached hydrogens (primary N) is 1. The van der Waals surface area contributed by atoms with Crippen molar-refractivity contribution in [2.24, 2.45) is 11.1 Å². The monoisotopic (exact) mass is 238 g/mol. The molecule has 3 N–H and O–H groups in total. The lowest BCUT2D eigenvalue weighted by atomic mass is 9.86. The summed E-state index contributed by atoms with van der Waals surface area (Å²) in [6.07, 6.45) is 0.905. The number of hydrogen-bond acceptors (Lipinski definition) is 3. The summed E-state index contributed by atoms with van der Waals surface area (Å²) < 4.78 is 17.9. The minimum absolute atomic E-state index is 0.142. The molecule has 3 nitrogen and oxygen atoms in total. The Morgan fingerprint density at radius 2 is 2.00 bits per heavy atom. The Labute approximate surface area is 101 Å². The molecule has 4 heteroatoms. The van der Waals surface area contributed by atoms with Crippen molar-refractivity contribution in [2.75, 3.05) is 32.8 Å². The van der Waals surface area contributed by atoms with Crippen molar-refractivity contribution in [1.29, 1.82) is 0 Å². The molecule has 1 aromatic rings. The molecule has 17 heavy (non-hydrogen) atoms. The largest absolute Gasteiger partial charge is 0.380 e. The van der Waals surface area contributed by atoms with Crippen LogP contribution in [0.15, 0.2) is 24.3 Å². The van der Waals surface area contributed by atoms with Gasteiger partial charge in [0.05, 0.1) is 13.2 Å². The Balaban J connectivity index is 1.67. The number of halogens is 1. The molecular weight excluding hydrogens is 219 g/mol. The number of nitrogens with one attached hydrogen (secondary N) is 1. The third-order valence-electron chi connectivity index (χ3n) is 3.25. The van der Waals surface area contributed by atoms with Gasteiger partial charge in [0.2, 0.25) is 0 Å². The number of benzene rings is 1. The van der Waals surface area contributed by atoms with Crippen molar-refractivity contribution < 1.29 is 9.13 Å². The average Bonchev–Trinajstić information content (AvgIpc) is 2.30. The molecule has 0 aromatic heterocycles. The average molecular weight is 238 g/mol. The first kappa shape index (κ1) is 12.5. The molecule has 2 rings (SSSR count). The topological polar surface area (TPSA) is 47.3 Å². The zero-order valence-corrected chi connectivity index (χ0v) is 9.92. The molecule has 0 saturated carbocycles. The van der Waals surface area contributed by atoms with Crippen LogP contribution in [0.5, 0.6) is 0 Å². The van der Waals surface area contributed by atoms with E-state index in [9.17, 15) is 4.39 Å². The second-order valence-electron chi connectivity index (χ2n) is 4.75. The summed E-state index contributed by atoms with van der Waals surface area (Å²) in [5.41, 5.74) is 7.00. The SMILES string of the molecule is NCC1(CNCCc2ccc(F)cc2)COC1. The van der Waals surface area contributed by atoms with Gasteiger partial charge in [-0.25, -0.2) is 4.39 Å². The molecule has 1 aromatic carbocycles. The molecule has 0 amide bonds. The standard InChI is InChI=1S/C13H19FN2O/c14-12-3-1-11(2-4-12)5-6-16-8-13(7-15)9-17-10-13/h1-4,16H,5-10,15H2. The minimum Gasteiger partial charge on any atom is -0.380 e. The molecule has 94 valence electrons. The summed E-state index contributed by atoms with van der Waals surface area (Å²) in [4.78, 5) is 0. The van der Waals surface area contributed by atoms with Gasteiger partial charge in [-0.15, -0.1) is 0 Å². The number of rotatable bonds is 6. The van der Waals surface area contributed by atoms with E-state index >= 15 is 0 Å². The highest BCUT2D eigenvalue weighted by Crippen LogP contribution is 2.24. The zero-order valence-electron chi connectivity index (χ0n) is 9.92. The Morgan fingerprint density at radius 1 is 1.29 bits per heavy atom. The highest BCUT2D eigenvalue weighted by molar-refractivity contribution is 5.16. The van der Waals surface area contributed by atoms with Gasteiger partial charge in [0.15, 0.2) is 0 Å². The van der Waals surface area contributed by atoms with Crippen molar-refractivity contribution in [3.63, 3.8) is 0 Å². The van der Waals surface area contributed by atoms with Crippen LogP contribution < -0.4 is 11.1 Å². The van der Waals surface area contributed by atoms with Crippen LogP contribution in [0.1, 0.15) is 5.56 Å². The lowest BCUT2D eigenvalue weighted by Gasteiger charge is -2.40. The van der Waals surface area contributed by atoms with E-state index in [1.165, 1.54) is 12.1 Å². The van der Waals surface area contributed by atoms with Crippen LogP contribution in [0.2, 0.25) is 0 Å². The normalized spacial score (nSPS) is 17.8. The van der Waals surface area contributed by atoms with Gasteiger partial charge in [-0.1, -0.05) is 12.1 Å². The van der Waals surface area contributed by atoms with Crippen LogP contribution in [0.3, 0.4) is 0 Å². The van der Waals surface area contributed by atoms with Crippen LogP contribution in [-0.4, -0.2) is 32.8 Å². The van der Waals surface area contributed by atoms with Crippen LogP contribution in [0.25, 0.3) is 0 Å². The molecule has 0 radical (unpaired) electrons. The highest BCUT2D eigenvalue weighted by atomic mass is 19.1. The highest BCUT2D eigenvalue weighted by Gasteiger charge is 2.36. The van der Waals surface area contributed by atoms with E-state index in [4.69, 9.17) is 10.5 Å². The first-order valence-corrected chi connectivity index (χ1v) is 5.97. The van der Waals surface area contributed by atoms with E-state index in [2.05, 4.69) is 5.32 Å². The van der Waals surface area contributed by atoms with Crippen molar-refractivity contribution >= 4 is 0 Å². The molecule has 1 aliphatic rings. The van der Waals surface area contributed by atoms with E-state index in [0.717, 1.165) is 38.3 Å². The van der Waals surface area contributed by atoms with Gasteiger partial charge in [-0.05, 0) is 30.7 Å². The quantitative estimate of drug-likeness (QED) is 0.725. The second-order valence-corrected chi connectivity index (χ2v) is 4.75. The molecule has 1 aliphatic heterocycles. The summed E-state index contributed by atoms with van der Waals surface area (Å²) in [5, 5.41) is 3.39. The Kier molecular flexibility index (Phi) is 4.10. The predicted octanol–water partition coefficient (Wildman–Crippen LogP) is 0.933. The third-order valence-corrected chi connectivity index (χ3v) is 3.25. The molecule has 1 saturated heterocycles. The Bertz CT molecular complexity index is 343. The lowest BCUT2D eigenvalue weighted by Crippen LogP contribution is -2.54. The fourth-order valence-corrected chi connectivity index (χ4v) is 1.92. The van der Waals surface area contributed by atoms with Gasteiger partial charge in [0.25, 0.3) is 0 Å². The van der Waals surface area contributed by atoms with Crippen LogP contribution in [-0.2, 0) is 11.2 Å². The molecular formula is C13H19FN2O. The Morgan fingerprint density at radius 3 is 2.53 bits per heavy atom. The lowest BCUT2D eigenvalue weighted by molar-refractivity contribution is -0.104. The number of ether oxygens (including phenoxy) is 1.